The quantitative estimate of drug-likeness (QED) is 0.860. The molecule has 0 aromatic carbocycles. The van der Waals surface area contributed by atoms with Crippen LogP contribution in [0.2, 0.25) is 0 Å². The lowest BCUT2D eigenvalue weighted by atomic mass is 9.92. The van der Waals surface area contributed by atoms with Crippen LogP contribution in [-0.4, -0.2) is 25.1 Å². The Balaban J connectivity index is 2.10. The van der Waals surface area contributed by atoms with Crippen molar-refractivity contribution in [2.75, 3.05) is 5.32 Å². The van der Waals surface area contributed by atoms with Crippen LogP contribution in [0.15, 0.2) is 12.7 Å². The molecule has 1 atom stereocenters. The van der Waals surface area contributed by atoms with Crippen molar-refractivity contribution in [1.29, 1.82) is 0 Å². The lowest BCUT2D eigenvalue weighted by molar-refractivity contribution is 0.411. The number of imidazole rings is 1. The molecule has 90 valence electrons. The Morgan fingerprint density at radius 3 is 3.12 bits per heavy atom. The van der Waals surface area contributed by atoms with Gasteiger partial charge in [-0.05, 0) is 19.8 Å². The molecule has 5 nitrogen and oxygen atoms in total. The first-order valence-electron chi connectivity index (χ1n) is 6.16. The molecule has 0 saturated heterocycles. The third-order valence-electron chi connectivity index (χ3n) is 3.54. The van der Waals surface area contributed by atoms with E-state index in [1.165, 1.54) is 6.42 Å². The van der Waals surface area contributed by atoms with Gasteiger partial charge in [-0.1, -0.05) is 13.3 Å². The molecular formula is C12H17N5. The average Bonchev–Trinajstić information content (AvgIpc) is 2.65. The summed E-state index contributed by atoms with van der Waals surface area (Å²) in [5, 5.41) is 3.58. The van der Waals surface area contributed by atoms with Gasteiger partial charge in [0.1, 0.15) is 11.8 Å². The number of aromatic nitrogens is 4. The lowest BCUT2D eigenvalue weighted by Crippen LogP contribution is -2.34. The van der Waals surface area contributed by atoms with Crippen molar-refractivity contribution in [3.63, 3.8) is 0 Å². The van der Waals surface area contributed by atoms with Crippen molar-refractivity contribution in [2.24, 2.45) is 0 Å². The van der Waals surface area contributed by atoms with Crippen molar-refractivity contribution in [2.45, 2.75) is 45.2 Å². The minimum atomic E-state index is 0.120. The molecule has 3 heterocycles. The van der Waals surface area contributed by atoms with E-state index in [1.807, 2.05) is 6.33 Å². The van der Waals surface area contributed by atoms with Crippen molar-refractivity contribution in [3.8, 4) is 0 Å². The SMILES string of the molecule is CCCC1(C)CCn2cnc3ncnc(c32)N1. The maximum atomic E-state index is 4.36. The van der Waals surface area contributed by atoms with E-state index in [-0.39, 0.29) is 5.54 Å². The molecule has 1 aliphatic heterocycles. The van der Waals surface area contributed by atoms with E-state index >= 15 is 0 Å². The van der Waals surface area contributed by atoms with Gasteiger partial charge in [0.15, 0.2) is 11.5 Å². The smallest absolute Gasteiger partial charge is 0.182 e. The van der Waals surface area contributed by atoms with Gasteiger partial charge in [-0.15, -0.1) is 0 Å². The van der Waals surface area contributed by atoms with Crippen LogP contribution >= 0.6 is 0 Å². The first-order valence-corrected chi connectivity index (χ1v) is 6.16. The Labute approximate surface area is 100 Å². The summed E-state index contributed by atoms with van der Waals surface area (Å²) in [7, 11) is 0. The van der Waals surface area contributed by atoms with E-state index < -0.39 is 0 Å². The molecule has 0 amide bonds. The Hall–Kier alpha value is -1.65. The summed E-state index contributed by atoms with van der Waals surface area (Å²) < 4.78 is 2.15. The molecule has 1 unspecified atom stereocenters. The summed E-state index contributed by atoms with van der Waals surface area (Å²) in [5.41, 5.74) is 1.94. The van der Waals surface area contributed by atoms with Crippen molar-refractivity contribution < 1.29 is 0 Å². The van der Waals surface area contributed by atoms with E-state index in [0.29, 0.717) is 0 Å². The highest BCUT2D eigenvalue weighted by Crippen LogP contribution is 2.30. The minimum Gasteiger partial charge on any atom is -0.363 e. The van der Waals surface area contributed by atoms with Crippen molar-refractivity contribution in [3.05, 3.63) is 12.7 Å². The van der Waals surface area contributed by atoms with E-state index in [1.54, 1.807) is 6.33 Å². The van der Waals surface area contributed by atoms with Gasteiger partial charge in [-0.2, -0.15) is 0 Å². The van der Waals surface area contributed by atoms with Crippen LogP contribution in [0, 0.1) is 0 Å². The molecule has 0 aliphatic carbocycles. The van der Waals surface area contributed by atoms with E-state index in [0.717, 1.165) is 36.4 Å². The van der Waals surface area contributed by atoms with Crippen LogP contribution in [0.3, 0.4) is 0 Å². The summed E-state index contributed by atoms with van der Waals surface area (Å²) in [6, 6.07) is 0. The Bertz CT molecular complexity index is 547. The van der Waals surface area contributed by atoms with Crippen molar-refractivity contribution >= 4 is 17.0 Å². The van der Waals surface area contributed by atoms with Gasteiger partial charge in [0.25, 0.3) is 0 Å². The number of rotatable bonds is 2. The fourth-order valence-corrected chi connectivity index (χ4v) is 2.63. The molecular weight excluding hydrogens is 214 g/mol. The van der Waals surface area contributed by atoms with Gasteiger partial charge in [0.05, 0.1) is 6.33 Å². The molecule has 0 saturated carbocycles. The second-order valence-corrected chi connectivity index (χ2v) is 5.02. The van der Waals surface area contributed by atoms with E-state index in [2.05, 4.69) is 38.7 Å². The minimum absolute atomic E-state index is 0.120. The third-order valence-corrected chi connectivity index (χ3v) is 3.54. The van der Waals surface area contributed by atoms with Crippen LogP contribution in [0.25, 0.3) is 11.2 Å². The average molecular weight is 231 g/mol. The number of nitrogens with zero attached hydrogens (tertiary/aromatic N) is 4. The van der Waals surface area contributed by atoms with E-state index in [9.17, 15) is 0 Å². The second kappa shape index (κ2) is 3.68. The van der Waals surface area contributed by atoms with Gasteiger partial charge in [-0.25, -0.2) is 15.0 Å². The standard InChI is InChI=1S/C12H17N5/c1-3-4-12(2)5-6-17-8-15-10-9(17)11(16-12)14-7-13-10/h7-8H,3-6H2,1-2H3,(H,13,14,16). The van der Waals surface area contributed by atoms with Crippen LogP contribution < -0.4 is 5.32 Å². The van der Waals surface area contributed by atoms with Gasteiger partial charge in [0, 0.05) is 12.1 Å². The maximum absolute atomic E-state index is 4.36. The van der Waals surface area contributed by atoms with Gasteiger partial charge >= 0.3 is 0 Å². The van der Waals surface area contributed by atoms with Crippen LogP contribution in [0.4, 0.5) is 5.82 Å². The van der Waals surface area contributed by atoms with Gasteiger partial charge in [-0.3, -0.25) is 0 Å². The first kappa shape index (κ1) is 10.5. The molecule has 0 bridgehead atoms. The first-order chi connectivity index (χ1) is 8.22. The molecule has 0 fully saturated rings. The number of nitrogens with one attached hydrogen (secondary N) is 1. The summed E-state index contributed by atoms with van der Waals surface area (Å²) in [6.45, 7) is 5.46. The highest BCUT2D eigenvalue weighted by molar-refractivity contribution is 5.83. The lowest BCUT2D eigenvalue weighted by Gasteiger charge is -2.29. The topological polar surface area (TPSA) is 55.6 Å². The normalized spacial score (nSPS) is 23.4. The second-order valence-electron chi connectivity index (χ2n) is 5.02. The monoisotopic (exact) mass is 231 g/mol. The Morgan fingerprint density at radius 2 is 2.29 bits per heavy atom. The molecule has 17 heavy (non-hydrogen) atoms. The number of aryl methyl sites for hydroxylation is 1. The molecule has 1 aliphatic rings. The largest absolute Gasteiger partial charge is 0.363 e. The summed E-state index contributed by atoms with van der Waals surface area (Å²) in [4.78, 5) is 12.9. The van der Waals surface area contributed by atoms with Gasteiger partial charge in [0.2, 0.25) is 0 Å². The molecule has 2 aromatic heterocycles. The number of hydrogen-bond donors (Lipinski definition) is 1. The fourth-order valence-electron chi connectivity index (χ4n) is 2.63. The highest BCUT2D eigenvalue weighted by Gasteiger charge is 2.28. The van der Waals surface area contributed by atoms with Crippen molar-refractivity contribution in [1.82, 2.24) is 19.5 Å². The van der Waals surface area contributed by atoms with E-state index in [4.69, 9.17) is 0 Å². The predicted molar refractivity (Wildman–Crippen MR) is 66.9 cm³/mol. The maximum Gasteiger partial charge on any atom is 0.182 e. The van der Waals surface area contributed by atoms with Crippen LogP contribution in [-0.2, 0) is 6.54 Å². The number of hydrogen-bond acceptors (Lipinski definition) is 4. The summed E-state index contributed by atoms with van der Waals surface area (Å²) >= 11 is 0. The zero-order valence-electron chi connectivity index (χ0n) is 10.3. The molecule has 0 radical (unpaired) electrons. The summed E-state index contributed by atoms with van der Waals surface area (Å²) in [6.07, 6.45) is 6.85. The molecule has 0 spiro atoms. The zero-order valence-corrected chi connectivity index (χ0v) is 10.3. The fraction of sp³-hybridized carbons (Fsp3) is 0.583. The van der Waals surface area contributed by atoms with Crippen LogP contribution in [0.1, 0.15) is 33.1 Å². The molecule has 3 rings (SSSR count). The zero-order chi connectivity index (χ0) is 11.9. The highest BCUT2D eigenvalue weighted by atomic mass is 15.2. The van der Waals surface area contributed by atoms with Crippen LogP contribution in [0.5, 0.6) is 0 Å². The molecule has 1 N–H and O–H groups in total. The molecule has 5 heteroatoms. The Morgan fingerprint density at radius 1 is 1.41 bits per heavy atom. The number of anilines is 1. The predicted octanol–water partition coefficient (Wildman–Crippen LogP) is 2.20. The molecule has 2 aromatic rings. The van der Waals surface area contributed by atoms with Gasteiger partial charge < -0.3 is 9.88 Å². The third kappa shape index (κ3) is 1.66. The summed E-state index contributed by atoms with van der Waals surface area (Å²) in [5.74, 6) is 0.918. The Kier molecular flexibility index (Phi) is 2.28.